The highest BCUT2D eigenvalue weighted by Crippen LogP contribution is 2.26. The molecule has 0 aromatic rings. The van der Waals surface area contributed by atoms with Gasteiger partial charge in [-0.2, -0.15) is 0 Å². The Morgan fingerprint density at radius 2 is 1.77 bits per heavy atom. The van der Waals surface area contributed by atoms with Crippen molar-refractivity contribution < 1.29 is 9.59 Å². The van der Waals surface area contributed by atoms with Gasteiger partial charge in [0.1, 0.15) is 0 Å². The van der Waals surface area contributed by atoms with E-state index in [-0.39, 0.29) is 30.3 Å². The number of rotatable bonds is 6. The average Bonchev–Trinajstić information content (AvgIpc) is 2.44. The Morgan fingerprint density at radius 1 is 1.18 bits per heavy atom. The fraction of sp³-hybridized carbons (Fsp3) is 0.875. The second-order valence-corrected chi connectivity index (χ2v) is 7.06. The molecule has 22 heavy (non-hydrogen) atoms. The predicted molar refractivity (Wildman–Crippen MR) is 91.9 cm³/mol. The van der Waals surface area contributed by atoms with Crippen molar-refractivity contribution in [2.24, 2.45) is 17.1 Å². The minimum absolute atomic E-state index is 0. The number of amides is 2. The van der Waals surface area contributed by atoms with E-state index in [2.05, 4.69) is 10.6 Å². The Bertz CT molecular complexity index is 350. The zero-order valence-corrected chi connectivity index (χ0v) is 14.9. The molecule has 6 heteroatoms. The standard InChI is InChI=1S/C16H31N3O2.ClH/c1-16(2,3)15(21)18-10-9-14(20)19-13(11-17)12-7-5-4-6-8-12;/h12-13H,4-11,17H2,1-3H3,(H,18,21)(H,19,20);1H. The molecule has 130 valence electrons. The first-order valence-corrected chi connectivity index (χ1v) is 8.12. The minimum atomic E-state index is -0.418. The smallest absolute Gasteiger partial charge is 0.225 e. The van der Waals surface area contributed by atoms with Crippen molar-refractivity contribution in [3.63, 3.8) is 0 Å². The molecule has 1 unspecified atom stereocenters. The van der Waals surface area contributed by atoms with Crippen LogP contribution in [0.15, 0.2) is 0 Å². The second-order valence-electron chi connectivity index (χ2n) is 7.06. The maximum atomic E-state index is 12.0. The first-order chi connectivity index (χ1) is 9.84. The van der Waals surface area contributed by atoms with Crippen LogP contribution in [0.1, 0.15) is 59.3 Å². The molecule has 0 bridgehead atoms. The van der Waals surface area contributed by atoms with Crippen molar-refractivity contribution in [3.05, 3.63) is 0 Å². The Hall–Kier alpha value is -0.810. The van der Waals surface area contributed by atoms with E-state index in [0.717, 1.165) is 12.8 Å². The molecule has 1 fully saturated rings. The molecule has 0 aromatic carbocycles. The monoisotopic (exact) mass is 333 g/mol. The topological polar surface area (TPSA) is 84.2 Å². The van der Waals surface area contributed by atoms with E-state index in [1.54, 1.807) is 0 Å². The summed E-state index contributed by atoms with van der Waals surface area (Å²) in [7, 11) is 0. The molecule has 2 amide bonds. The van der Waals surface area contributed by atoms with Crippen molar-refractivity contribution in [2.45, 2.75) is 65.3 Å². The molecule has 5 nitrogen and oxygen atoms in total. The number of nitrogens with one attached hydrogen (secondary N) is 2. The second kappa shape index (κ2) is 10.1. The lowest BCUT2D eigenvalue weighted by molar-refractivity contribution is -0.128. The molecule has 1 atom stereocenters. The number of nitrogens with two attached hydrogens (primary N) is 1. The van der Waals surface area contributed by atoms with Crippen LogP contribution in [0, 0.1) is 11.3 Å². The van der Waals surface area contributed by atoms with Crippen molar-refractivity contribution >= 4 is 24.2 Å². The van der Waals surface area contributed by atoms with Gasteiger partial charge in [-0.25, -0.2) is 0 Å². The molecule has 0 aromatic heterocycles. The van der Waals surface area contributed by atoms with Gasteiger partial charge in [0.15, 0.2) is 0 Å². The molecule has 0 aliphatic heterocycles. The zero-order chi connectivity index (χ0) is 15.9. The minimum Gasteiger partial charge on any atom is -0.355 e. The van der Waals surface area contributed by atoms with E-state index >= 15 is 0 Å². The summed E-state index contributed by atoms with van der Waals surface area (Å²) in [6.45, 7) is 6.44. The van der Waals surface area contributed by atoms with Crippen LogP contribution in [-0.2, 0) is 9.59 Å². The summed E-state index contributed by atoms with van der Waals surface area (Å²) in [6.07, 6.45) is 6.38. The third-order valence-electron chi connectivity index (χ3n) is 4.14. The highest BCUT2D eigenvalue weighted by Gasteiger charge is 2.24. The predicted octanol–water partition coefficient (Wildman–Crippen LogP) is 1.98. The van der Waals surface area contributed by atoms with E-state index in [0.29, 0.717) is 25.4 Å². The summed E-state index contributed by atoms with van der Waals surface area (Å²) in [5.74, 6) is 0.458. The lowest BCUT2D eigenvalue weighted by Crippen LogP contribution is -2.46. The van der Waals surface area contributed by atoms with Gasteiger partial charge >= 0.3 is 0 Å². The molecule has 4 N–H and O–H groups in total. The molecule has 0 spiro atoms. The van der Waals surface area contributed by atoms with Gasteiger partial charge < -0.3 is 16.4 Å². The molecular weight excluding hydrogens is 302 g/mol. The Kier molecular flexibility index (Phi) is 9.69. The molecule has 1 rings (SSSR count). The third-order valence-corrected chi connectivity index (χ3v) is 4.14. The molecule has 1 saturated carbocycles. The van der Waals surface area contributed by atoms with Gasteiger partial charge in [0.05, 0.1) is 0 Å². The molecule has 0 radical (unpaired) electrons. The summed E-state index contributed by atoms with van der Waals surface area (Å²) in [5.41, 5.74) is 5.38. The maximum Gasteiger partial charge on any atom is 0.225 e. The number of hydrogen-bond acceptors (Lipinski definition) is 3. The van der Waals surface area contributed by atoms with Gasteiger partial charge in [0.25, 0.3) is 0 Å². The van der Waals surface area contributed by atoms with Gasteiger partial charge in [-0.1, -0.05) is 40.0 Å². The third kappa shape index (κ3) is 7.45. The summed E-state index contributed by atoms with van der Waals surface area (Å²) < 4.78 is 0. The average molecular weight is 334 g/mol. The van der Waals surface area contributed by atoms with Crippen molar-refractivity contribution in [2.75, 3.05) is 13.1 Å². The quantitative estimate of drug-likeness (QED) is 0.695. The van der Waals surface area contributed by atoms with Crippen LogP contribution in [0.2, 0.25) is 0 Å². The normalized spacial score (nSPS) is 17.3. The van der Waals surface area contributed by atoms with Crippen molar-refractivity contribution in [3.8, 4) is 0 Å². The summed E-state index contributed by atoms with van der Waals surface area (Å²) >= 11 is 0. The Labute approximate surface area is 140 Å². The molecule has 0 heterocycles. The van der Waals surface area contributed by atoms with Gasteiger partial charge in [-0.05, 0) is 18.8 Å². The van der Waals surface area contributed by atoms with Crippen LogP contribution in [-0.4, -0.2) is 30.9 Å². The van der Waals surface area contributed by atoms with Gasteiger partial charge in [0, 0.05) is 31.0 Å². The fourth-order valence-electron chi connectivity index (χ4n) is 2.74. The van der Waals surface area contributed by atoms with Crippen molar-refractivity contribution in [1.29, 1.82) is 0 Å². The van der Waals surface area contributed by atoms with E-state index in [1.165, 1.54) is 19.3 Å². The van der Waals surface area contributed by atoms with Crippen LogP contribution in [0.4, 0.5) is 0 Å². The van der Waals surface area contributed by atoms with E-state index < -0.39 is 5.41 Å². The fourth-order valence-corrected chi connectivity index (χ4v) is 2.74. The number of halogens is 1. The van der Waals surface area contributed by atoms with E-state index in [1.807, 2.05) is 20.8 Å². The lowest BCUT2D eigenvalue weighted by Gasteiger charge is -2.30. The Morgan fingerprint density at radius 3 is 2.27 bits per heavy atom. The SMILES string of the molecule is CC(C)(C)C(=O)NCCC(=O)NC(CN)C1CCCCC1.Cl. The van der Waals surface area contributed by atoms with Gasteiger partial charge in [-0.3, -0.25) is 9.59 Å². The number of carbonyl (C=O) groups is 2. The number of carbonyl (C=O) groups excluding carboxylic acids is 2. The molecule has 0 saturated heterocycles. The van der Waals surface area contributed by atoms with Gasteiger partial charge in [-0.15, -0.1) is 12.4 Å². The largest absolute Gasteiger partial charge is 0.355 e. The van der Waals surface area contributed by atoms with Crippen LogP contribution in [0.3, 0.4) is 0 Å². The van der Waals surface area contributed by atoms with E-state index in [9.17, 15) is 9.59 Å². The first-order valence-electron chi connectivity index (χ1n) is 8.12. The highest BCUT2D eigenvalue weighted by atomic mass is 35.5. The summed E-state index contributed by atoms with van der Waals surface area (Å²) in [6, 6.07) is 0.0797. The van der Waals surface area contributed by atoms with Crippen LogP contribution in [0.5, 0.6) is 0 Å². The van der Waals surface area contributed by atoms with Crippen LogP contribution >= 0.6 is 12.4 Å². The van der Waals surface area contributed by atoms with Gasteiger partial charge in [0.2, 0.25) is 11.8 Å². The molecule has 1 aliphatic rings. The Balaban J connectivity index is 0.00000441. The summed E-state index contributed by atoms with van der Waals surface area (Å²) in [4.78, 5) is 23.7. The number of hydrogen-bond donors (Lipinski definition) is 3. The van der Waals surface area contributed by atoms with E-state index in [4.69, 9.17) is 5.73 Å². The zero-order valence-electron chi connectivity index (χ0n) is 14.1. The van der Waals surface area contributed by atoms with Crippen LogP contribution < -0.4 is 16.4 Å². The summed E-state index contributed by atoms with van der Waals surface area (Å²) in [5, 5.41) is 5.83. The van der Waals surface area contributed by atoms with Crippen molar-refractivity contribution in [1.82, 2.24) is 10.6 Å². The van der Waals surface area contributed by atoms with Crippen LogP contribution in [0.25, 0.3) is 0 Å². The highest BCUT2D eigenvalue weighted by molar-refractivity contribution is 5.85. The maximum absolute atomic E-state index is 12.0. The molecular formula is C16H32ClN3O2. The lowest BCUT2D eigenvalue weighted by atomic mass is 9.84. The molecule has 1 aliphatic carbocycles. The first kappa shape index (κ1) is 21.2.